The SMILES string of the molecule is CCCCCOc1ccc(NP(C)(=O)Oc2ccc(C(C)C)cc2)cc1. The third kappa shape index (κ3) is 6.76. The van der Waals surface area contributed by atoms with Gasteiger partial charge in [-0.15, -0.1) is 0 Å². The Labute approximate surface area is 157 Å². The van der Waals surface area contributed by atoms with Crippen molar-refractivity contribution in [3.63, 3.8) is 0 Å². The normalized spacial score (nSPS) is 13.3. The largest absolute Gasteiger partial charge is 0.494 e. The van der Waals surface area contributed by atoms with E-state index in [-0.39, 0.29) is 0 Å². The highest BCUT2D eigenvalue weighted by Crippen LogP contribution is 2.43. The van der Waals surface area contributed by atoms with Gasteiger partial charge in [0, 0.05) is 12.4 Å². The maximum absolute atomic E-state index is 12.7. The molecule has 2 aromatic carbocycles. The first-order valence-electron chi connectivity index (χ1n) is 9.28. The van der Waals surface area contributed by atoms with Gasteiger partial charge in [0.05, 0.1) is 6.61 Å². The first-order valence-corrected chi connectivity index (χ1v) is 11.3. The summed E-state index contributed by atoms with van der Waals surface area (Å²) in [4.78, 5) is 0. The summed E-state index contributed by atoms with van der Waals surface area (Å²) in [6.45, 7) is 8.75. The van der Waals surface area contributed by atoms with Crippen LogP contribution in [0.15, 0.2) is 48.5 Å². The summed E-state index contributed by atoms with van der Waals surface area (Å²) in [6.07, 6.45) is 3.41. The fourth-order valence-corrected chi connectivity index (χ4v) is 3.73. The van der Waals surface area contributed by atoms with Crippen LogP contribution in [0.4, 0.5) is 5.69 Å². The van der Waals surface area contributed by atoms with Crippen molar-refractivity contribution < 1.29 is 13.8 Å². The van der Waals surface area contributed by atoms with Gasteiger partial charge >= 0.3 is 7.52 Å². The molecule has 2 aromatic rings. The van der Waals surface area contributed by atoms with Gasteiger partial charge in [0.2, 0.25) is 0 Å². The number of anilines is 1. The van der Waals surface area contributed by atoms with Gasteiger partial charge in [0.25, 0.3) is 0 Å². The molecule has 1 atom stereocenters. The van der Waals surface area contributed by atoms with Crippen LogP contribution in [-0.4, -0.2) is 13.3 Å². The van der Waals surface area contributed by atoms with Gasteiger partial charge in [0.15, 0.2) is 0 Å². The molecule has 0 aliphatic rings. The topological polar surface area (TPSA) is 47.6 Å². The summed E-state index contributed by atoms with van der Waals surface area (Å²) in [5.74, 6) is 1.88. The fourth-order valence-electron chi connectivity index (χ4n) is 2.54. The molecule has 5 heteroatoms. The van der Waals surface area contributed by atoms with Gasteiger partial charge in [0.1, 0.15) is 11.5 Å². The summed E-state index contributed by atoms with van der Waals surface area (Å²) in [5.41, 5.74) is 1.97. The molecule has 0 bridgehead atoms. The molecule has 0 amide bonds. The average molecular weight is 375 g/mol. The third-order valence-electron chi connectivity index (χ3n) is 4.03. The second-order valence-electron chi connectivity index (χ2n) is 6.85. The Bertz CT molecular complexity index is 711. The molecule has 142 valence electrons. The standard InChI is InChI=1S/C21H30NO3P/c1-5-6-7-16-24-20-14-10-19(11-15-20)22-26(4,23)25-21-12-8-18(9-13-21)17(2)3/h8-15,17H,5-7,16H2,1-4H3,(H,22,23). The molecule has 4 nitrogen and oxygen atoms in total. The van der Waals surface area contributed by atoms with E-state index in [2.05, 4.69) is 25.9 Å². The van der Waals surface area contributed by atoms with Crippen molar-refractivity contribution in [2.45, 2.75) is 46.0 Å². The monoisotopic (exact) mass is 375 g/mol. The van der Waals surface area contributed by atoms with Crippen molar-refractivity contribution in [2.75, 3.05) is 18.4 Å². The zero-order valence-corrected chi connectivity index (χ0v) is 17.1. The van der Waals surface area contributed by atoms with Crippen LogP contribution >= 0.6 is 7.52 Å². The second kappa shape index (κ2) is 9.68. The van der Waals surface area contributed by atoms with Crippen molar-refractivity contribution in [1.82, 2.24) is 0 Å². The quantitative estimate of drug-likeness (QED) is 0.371. The second-order valence-corrected chi connectivity index (χ2v) is 8.95. The van der Waals surface area contributed by atoms with Crippen LogP contribution in [0.25, 0.3) is 0 Å². The van der Waals surface area contributed by atoms with E-state index in [9.17, 15) is 4.57 Å². The van der Waals surface area contributed by atoms with E-state index in [1.54, 1.807) is 6.66 Å². The third-order valence-corrected chi connectivity index (χ3v) is 5.25. The smallest absolute Gasteiger partial charge is 0.338 e. The maximum atomic E-state index is 12.7. The molecule has 0 saturated carbocycles. The lowest BCUT2D eigenvalue weighted by Crippen LogP contribution is -2.02. The molecule has 0 aliphatic carbocycles. The highest BCUT2D eigenvalue weighted by molar-refractivity contribution is 7.60. The number of unbranched alkanes of at least 4 members (excludes halogenated alkanes) is 2. The molecule has 0 aromatic heterocycles. The minimum atomic E-state index is -3.01. The molecule has 0 spiro atoms. The highest BCUT2D eigenvalue weighted by Gasteiger charge is 2.17. The lowest BCUT2D eigenvalue weighted by Gasteiger charge is -2.18. The molecular weight excluding hydrogens is 345 g/mol. The van der Waals surface area contributed by atoms with E-state index in [1.807, 2.05) is 48.5 Å². The summed E-state index contributed by atoms with van der Waals surface area (Å²) in [6, 6.07) is 15.2. The average Bonchev–Trinajstić information content (AvgIpc) is 2.60. The van der Waals surface area contributed by atoms with E-state index in [1.165, 1.54) is 18.4 Å². The predicted octanol–water partition coefficient (Wildman–Crippen LogP) is 6.69. The number of hydrogen-bond donors (Lipinski definition) is 1. The van der Waals surface area contributed by atoms with Gasteiger partial charge < -0.3 is 14.3 Å². The van der Waals surface area contributed by atoms with Crippen LogP contribution in [0, 0.1) is 0 Å². The Hall–Kier alpha value is -1.93. The molecule has 2 rings (SSSR count). The van der Waals surface area contributed by atoms with Gasteiger partial charge in [-0.3, -0.25) is 4.57 Å². The summed E-state index contributed by atoms with van der Waals surface area (Å²) in [5, 5.41) is 2.99. The van der Waals surface area contributed by atoms with Gasteiger partial charge in [-0.05, 0) is 54.3 Å². The Balaban J connectivity index is 1.90. The fraction of sp³-hybridized carbons (Fsp3) is 0.429. The zero-order valence-electron chi connectivity index (χ0n) is 16.2. The van der Waals surface area contributed by atoms with E-state index in [4.69, 9.17) is 9.26 Å². The Kier molecular flexibility index (Phi) is 7.59. The van der Waals surface area contributed by atoms with Gasteiger partial charge in [-0.2, -0.15) is 0 Å². The zero-order chi connectivity index (χ0) is 19.0. The van der Waals surface area contributed by atoms with E-state index in [0.717, 1.165) is 24.5 Å². The van der Waals surface area contributed by atoms with Crippen molar-refractivity contribution in [3.05, 3.63) is 54.1 Å². The molecule has 0 aliphatic heterocycles. The molecule has 1 unspecified atom stereocenters. The Morgan fingerprint density at radius 1 is 0.962 bits per heavy atom. The summed E-state index contributed by atoms with van der Waals surface area (Å²) in [7, 11) is -3.01. The molecule has 0 radical (unpaired) electrons. The summed E-state index contributed by atoms with van der Waals surface area (Å²) < 4.78 is 24.1. The first kappa shape index (κ1) is 20.4. The van der Waals surface area contributed by atoms with Crippen molar-refractivity contribution in [2.24, 2.45) is 0 Å². The molecule has 1 N–H and O–H groups in total. The highest BCUT2D eigenvalue weighted by atomic mass is 31.2. The van der Waals surface area contributed by atoms with Crippen molar-refractivity contribution in [3.8, 4) is 11.5 Å². The molecule has 0 heterocycles. The van der Waals surface area contributed by atoms with E-state index < -0.39 is 7.52 Å². The maximum Gasteiger partial charge on any atom is 0.338 e. The number of hydrogen-bond acceptors (Lipinski definition) is 3. The number of nitrogens with one attached hydrogen (secondary N) is 1. The van der Waals surface area contributed by atoms with Gasteiger partial charge in [-0.25, -0.2) is 0 Å². The van der Waals surface area contributed by atoms with E-state index in [0.29, 0.717) is 11.7 Å². The number of benzene rings is 2. The van der Waals surface area contributed by atoms with Crippen LogP contribution in [-0.2, 0) is 4.57 Å². The predicted molar refractivity (Wildman–Crippen MR) is 110 cm³/mol. The molecule has 26 heavy (non-hydrogen) atoms. The van der Waals surface area contributed by atoms with Crippen LogP contribution < -0.4 is 14.3 Å². The van der Waals surface area contributed by atoms with Crippen LogP contribution in [0.5, 0.6) is 11.5 Å². The minimum absolute atomic E-state index is 0.457. The number of ether oxygens (including phenoxy) is 1. The van der Waals surface area contributed by atoms with Crippen LogP contribution in [0.3, 0.4) is 0 Å². The minimum Gasteiger partial charge on any atom is -0.494 e. The molecule has 0 saturated heterocycles. The van der Waals surface area contributed by atoms with Gasteiger partial charge in [-0.1, -0.05) is 45.7 Å². The van der Waals surface area contributed by atoms with Crippen LogP contribution in [0.1, 0.15) is 51.5 Å². The summed E-state index contributed by atoms with van der Waals surface area (Å²) >= 11 is 0. The first-order chi connectivity index (χ1) is 12.4. The van der Waals surface area contributed by atoms with Crippen LogP contribution in [0.2, 0.25) is 0 Å². The molecular formula is C21H30NO3P. The van der Waals surface area contributed by atoms with Crippen molar-refractivity contribution >= 4 is 13.2 Å². The molecule has 0 fully saturated rings. The van der Waals surface area contributed by atoms with E-state index >= 15 is 0 Å². The lowest BCUT2D eigenvalue weighted by molar-refractivity contribution is 0.306. The Morgan fingerprint density at radius 2 is 1.58 bits per heavy atom. The Morgan fingerprint density at radius 3 is 2.15 bits per heavy atom. The number of rotatable bonds is 10. The lowest BCUT2D eigenvalue weighted by atomic mass is 10.0. The van der Waals surface area contributed by atoms with Crippen molar-refractivity contribution in [1.29, 1.82) is 0 Å².